The highest BCUT2D eigenvalue weighted by Gasteiger charge is 2.57. The molecule has 12 rings (SSSR count). The Hall–Kier alpha value is -5.80. The summed E-state index contributed by atoms with van der Waals surface area (Å²) >= 11 is 0. The van der Waals surface area contributed by atoms with Crippen LogP contribution in [0.1, 0.15) is 152 Å². The Morgan fingerprint density at radius 3 is 1.88 bits per heavy atom. The number of hydrogen-bond acceptors (Lipinski definition) is 2. The first-order chi connectivity index (χ1) is 31.9. The van der Waals surface area contributed by atoms with Gasteiger partial charge in [0.2, 0.25) is 6.71 Å². The molecule has 1 saturated carbocycles. The van der Waals surface area contributed by atoms with E-state index in [1.807, 2.05) is 0 Å². The van der Waals surface area contributed by atoms with Gasteiger partial charge in [-0.05, 0) is 163 Å². The van der Waals surface area contributed by atoms with Gasteiger partial charge in [-0.2, -0.15) is 0 Å². The molecule has 7 aromatic rings. The van der Waals surface area contributed by atoms with Crippen LogP contribution in [0.3, 0.4) is 0 Å². The van der Waals surface area contributed by atoms with E-state index in [1.165, 1.54) is 115 Å². The molecule has 0 amide bonds. The molecule has 5 aliphatic rings. The number of rotatable bonds is 4. The molecule has 2 aliphatic heterocycles. The van der Waals surface area contributed by atoms with Gasteiger partial charge in [-0.15, -0.1) is 0 Å². The zero-order valence-corrected chi connectivity index (χ0v) is 41.9. The molecule has 0 aromatic heterocycles. The second-order valence-electron chi connectivity index (χ2n) is 24.2. The van der Waals surface area contributed by atoms with E-state index < -0.39 is 0 Å². The molecule has 336 valence electrons. The third kappa shape index (κ3) is 6.01. The van der Waals surface area contributed by atoms with Crippen LogP contribution in [-0.2, 0) is 21.7 Å². The van der Waals surface area contributed by atoms with Gasteiger partial charge in [0, 0.05) is 45.5 Å². The fourth-order valence-electron chi connectivity index (χ4n) is 14.0. The summed E-state index contributed by atoms with van der Waals surface area (Å²) < 4.78 is 0. The zero-order chi connectivity index (χ0) is 46.6. The Morgan fingerprint density at radius 1 is 0.567 bits per heavy atom. The lowest BCUT2D eigenvalue weighted by molar-refractivity contribution is 0.0602. The van der Waals surface area contributed by atoms with Crippen LogP contribution in [0.25, 0.3) is 11.1 Å². The van der Waals surface area contributed by atoms with Crippen LogP contribution < -0.4 is 26.2 Å². The van der Waals surface area contributed by atoms with Gasteiger partial charge in [0.25, 0.3) is 0 Å². The second kappa shape index (κ2) is 14.4. The summed E-state index contributed by atoms with van der Waals surface area (Å²) in [7, 11) is 0. The summed E-state index contributed by atoms with van der Waals surface area (Å²) in [5.41, 5.74) is 26.8. The quantitative estimate of drug-likeness (QED) is 0.163. The first-order valence-corrected chi connectivity index (χ1v) is 25.4. The summed E-state index contributed by atoms with van der Waals surface area (Å²) in [6.07, 6.45) is 6.29. The van der Waals surface area contributed by atoms with Crippen LogP contribution >= 0.6 is 0 Å². The minimum Gasteiger partial charge on any atom is -0.311 e. The fourth-order valence-corrected chi connectivity index (χ4v) is 14.0. The predicted octanol–water partition coefficient (Wildman–Crippen LogP) is 15.4. The molecule has 3 heteroatoms. The summed E-state index contributed by atoms with van der Waals surface area (Å²) in [6.45, 7) is 27.0. The average Bonchev–Trinajstić information content (AvgIpc) is 3.53. The van der Waals surface area contributed by atoms with Crippen molar-refractivity contribution < 1.29 is 0 Å². The fraction of sp³-hybridized carbons (Fsp3) is 0.344. The van der Waals surface area contributed by atoms with Crippen LogP contribution in [0.2, 0.25) is 0 Å². The van der Waals surface area contributed by atoms with Crippen molar-refractivity contribution in [3.63, 3.8) is 0 Å². The third-order valence-electron chi connectivity index (χ3n) is 17.9. The highest BCUT2D eigenvalue weighted by atomic mass is 15.2. The maximum absolute atomic E-state index is 2.72. The van der Waals surface area contributed by atoms with Crippen molar-refractivity contribution in [3.8, 4) is 11.1 Å². The Kier molecular flexibility index (Phi) is 9.12. The molecule has 0 saturated heterocycles. The standard InChI is InChI=1S/C64H67BN2/c1-40-34-41(60(2,3)4)28-30-53(40)67-54-31-29-50-57(46-26-18-19-27-49(46)62(50,8)9)59(54)65-52-36-42(61(5,6)7)35-51-56(52)48(39-63(10)32-20-21-33-64(51,63)11)47-37-45(38-55(67)58(47)65)66(43-22-14-12-15-23-43)44-24-16-13-17-25-44/h12-19,22-31,34-38,48H,20-21,32-33,39H2,1-11H3. The molecule has 67 heavy (non-hydrogen) atoms. The molecule has 1 fully saturated rings. The van der Waals surface area contributed by atoms with Gasteiger partial charge in [0.05, 0.1) is 0 Å². The first kappa shape index (κ1) is 42.6. The van der Waals surface area contributed by atoms with Crippen molar-refractivity contribution in [2.24, 2.45) is 5.41 Å². The molecule has 0 radical (unpaired) electrons. The van der Waals surface area contributed by atoms with E-state index in [0.29, 0.717) is 0 Å². The van der Waals surface area contributed by atoms with Gasteiger partial charge in [-0.25, -0.2) is 0 Å². The van der Waals surface area contributed by atoms with Gasteiger partial charge < -0.3 is 9.80 Å². The van der Waals surface area contributed by atoms with Gasteiger partial charge >= 0.3 is 0 Å². The number of nitrogens with zero attached hydrogens (tertiary/aromatic N) is 2. The van der Waals surface area contributed by atoms with Gasteiger partial charge in [-0.1, -0.05) is 179 Å². The molecule has 0 N–H and O–H groups in total. The lowest BCUT2D eigenvalue weighted by Crippen LogP contribution is -2.65. The number of hydrogen-bond donors (Lipinski definition) is 0. The van der Waals surface area contributed by atoms with Crippen molar-refractivity contribution in [2.45, 2.75) is 136 Å². The summed E-state index contributed by atoms with van der Waals surface area (Å²) in [4.78, 5) is 5.23. The largest absolute Gasteiger partial charge is 0.311 e. The van der Waals surface area contributed by atoms with Gasteiger partial charge in [0.1, 0.15) is 0 Å². The number of para-hydroxylation sites is 2. The average molecular weight is 875 g/mol. The van der Waals surface area contributed by atoms with Crippen molar-refractivity contribution >= 4 is 57.2 Å². The van der Waals surface area contributed by atoms with Gasteiger partial charge in [0.15, 0.2) is 0 Å². The van der Waals surface area contributed by atoms with Crippen molar-refractivity contribution in [3.05, 3.63) is 184 Å². The minimum atomic E-state index is -0.129. The van der Waals surface area contributed by atoms with Crippen molar-refractivity contribution in [2.75, 3.05) is 9.80 Å². The maximum atomic E-state index is 2.72. The van der Waals surface area contributed by atoms with E-state index in [0.717, 1.165) is 6.42 Å². The minimum absolute atomic E-state index is 0.0125. The predicted molar refractivity (Wildman–Crippen MR) is 287 cm³/mol. The van der Waals surface area contributed by atoms with E-state index >= 15 is 0 Å². The Bertz CT molecular complexity index is 3130. The first-order valence-electron chi connectivity index (χ1n) is 25.4. The smallest absolute Gasteiger partial charge is 0.248 e. The highest BCUT2D eigenvalue weighted by molar-refractivity contribution is 7.00. The molecule has 3 aliphatic carbocycles. The highest BCUT2D eigenvalue weighted by Crippen LogP contribution is 2.63. The molecule has 3 atom stereocenters. The molecule has 3 unspecified atom stereocenters. The number of aryl methyl sites for hydroxylation is 1. The van der Waals surface area contributed by atoms with Crippen LogP contribution in [0.5, 0.6) is 0 Å². The lowest BCUT2D eigenvalue weighted by atomic mass is 9.28. The van der Waals surface area contributed by atoms with Crippen LogP contribution in [-0.4, -0.2) is 6.71 Å². The summed E-state index contributed by atoms with van der Waals surface area (Å²) in [5.74, 6) is 0.266. The zero-order valence-electron chi connectivity index (χ0n) is 41.9. The topological polar surface area (TPSA) is 6.48 Å². The van der Waals surface area contributed by atoms with E-state index in [-0.39, 0.29) is 39.7 Å². The Morgan fingerprint density at radius 2 is 1.21 bits per heavy atom. The van der Waals surface area contributed by atoms with Gasteiger partial charge in [-0.3, -0.25) is 0 Å². The lowest BCUT2D eigenvalue weighted by Gasteiger charge is -2.59. The number of anilines is 6. The monoisotopic (exact) mass is 875 g/mol. The maximum Gasteiger partial charge on any atom is 0.248 e. The number of benzene rings is 7. The SMILES string of the molecule is Cc1cc(C(C)(C)C)ccc1N1c2cc(N(c3ccccc3)c3ccccc3)cc3c2B(c2cc(C(C)(C)C)cc4c2C3CC2(C)CCCCC42C)c2c1ccc1c2-c2ccccc2C1(C)C. The summed E-state index contributed by atoms with van der Waals surface area (Å²) in [5, 5.41) is 0. The summed E-state index contributed by atoms with van der Waals surface area (Å²) in [6, 6.07) is 54.5. The normalized spacial score (nSPS) is 21.7. The molecule has 0 bridgehead atoms. The van der Waals surface area contributed by atoms with Crippen LogP contribution in [0.15, 0.2) is 140 Å². The molecule has 2 nitrogen and oxygen atoms in total. The Balaban J connectivity index is 1.26. The van der Waals surface area contributed by atoms with E-state index in [4.69, 9.17) is 0 Å². The molecular weight excluding hydrogens is 808 g/mol. The number of fused-ring (bicyclic) bond motifs is 10. The molecule has 2 heterocycles. The van der Waals surface area contributed by atoms with Crippen molar-refractivity contribution in [1.82, 2.24) is 0 Å². The Labute approximate surface area is 401 Å². The molecule has 0 spiro atoms. The third-order valence-corrected chi connectivity index (χ3v) is 17.9. The van der Waals surface area contributed by atoms with E-state index in [9.17, 15) is 0 Å². The van der Waals surface area contributed by atoms with Crippen LogP contribution in [0.4, 0.5) is 34.1 Å². The molecular formula is C64H67BN2. The van der Waals surface area contributed by atoms with Crippen LogP contribution in [0, 0.1) is 12.3 Å². The van der Waals surface area contributed by atoms with E-state index in [1.54, 1.807) is 16.6 Å². The second-order valence-corrected chi connectivity index (χ2v) is 24.2. The van der Waals surface area contributed by atoms with E-state index in [2.05, 4.69) is 225 Å². The van der Waals surface area contributed by atoms with Crippen molar-refractivity contribution in [1.29, 1.82) is 0 Å². The molecule has 7 aromatic carbocycles.